The van der Waals surface area contributed by atoms with Crippen molar-refractivity contribution in [1.82, 2.24) is 0 Å². The van der Waals surface area contributed by atoms with Crippen LogP contribution in [-0.2, 0) is 14.8 Å². The van der Waals surface area contributed by atoms with Gasteiger partial charge in [-0.2, -0.15) is 0 Å². The number of sulfonamides is 1. The Bertz CT molecular complexity index is 1220. The van der Waals surface area contributed by atoms with Crippen molar-refractivity contribution >= 4 is 33.1 Å². The molecule has 0 saturated heterocycles. The van der Waals surface area contributed by atoms with Gasteiger partial charge in [-0.3, -0.25) is 13.9 Å². The highest BCUT2D eigenvalue weighted by Gasteiger charge is 2.29. The molecule has 32 heavy (non-hydrogen) atoms. The van der Waals surface area contributed by atoms with E-state index in [1.54, 1.807) is 60.7 Å². The van der Waals surface area contributed by atoms with Crippen molar-refractivity contribution in [3.8, 4) is 5.75 Å². The number of anilines is 2. The van der Waals surface area contributed by atoms with Crippen LogP contribution in [0.5, 0.6) is 5.75 Å². The molecule has 0 atom stereocenters. The maximum atomic E-state index is 13.5. The van der Waals surface area contributed by atoms with Crippen LogP contribution in [0.25, 0.3) is 0 Å². The van der Waals surface area contributed by atoms with Gasteiger partial charge in [-0.1, -0.05) is 24.3 Å². The van der Waals surface area contributed by atoms with Crippen LogP contribution < -0.4 is 14.4 Å². The van der Waals surface area contributed by atoms with Crippen molar-refractivity contribution in [3.05, 3.63) is 83.9 Å². The maximum absolute atomic E-state index is 13.5. The summed E-state index contributed by atoms with van der Waals surface area (Å²) in [5, 5.41) is 2.69. The molecule has 0 bridgehead atoms. The summed E-state index contributed by atoms with van der Waals surface area (Å²) < 4.78 is 33.4. The van der Waals surface area contributed by atoms with Crippen molar-refractivity contribution in [2.24, 2.45) is 0 Å². The Kier molecular flexibility index (Phi) is 6.95. The van der Waals surface area contributed by atoms with Gasteiger partial charge >= 0.3 is 0 Å². The van der Waals surface area contributed by atoms with Gasteiger partial charge in [0.05, 0.1) is 17.7 Å². The van der Waals surface area contributed by atoms with Crippen molar-refractivity contribution in [2.45, 2.75) is 18.7 Å². The number of methoxy groups -OCH3 is 1. The standard InChI is InChI=1S/C24H24N2O5S/c1-17-9-14-23(31-3)22(15-17)26(32(29,30)21-7-5-4-6-8-21)16-24(28)25-20-12-10-19(11-13-20)18(2)27/h4-15H,16H2,1-3H3,(H,25,28). The molecule has 0 unspecified atom stereocenters. The van der Waals surface area contributed by atoms with Crippen molar-refractivity contribution < 1.29 is 22.7 Å². The molecule has 3 rings (SSSR count). The molecule has 1 amide bonds. The van der Waals surface area contributed by atoms with Crippen molar-refractivity contribution in [1.29, 1.82) is 0 Å². The molecule has 0 fully saturated rings. The highest BCUT2D eigenvalue weighted by atomic mass is 32.2. The summed E-state index contributed by atoms with van der Waals surface area (Å²) in [5.41, 5.74) is 2.04. The topological polar surface area (TPSA) is 92.8 Å². The molecule has 8 heteroatoms. The number of ether oxygens (including phenoxy) is 1. The molecule has 1 N–H and O–H groups in total. The minimum atomic E-state index is -4.06. The summed E-state index contributed by atoms with van der Waals surface area (Å²) in [5.74, 6) is -0.299. The van der Waals surface area contributed by atoms with E-state index in [0.29, 0.717) is 17.0 Å². The molecule has 3 aromatic carbocycles. The van der Waals surface area contributed by atoms with Crippen LogP contribution in [0, 0.1) is 6.92 Å². The third kappa shape index (κ3) is 5.15. The fourth-order valence-corrected chi connectivity index (χ4v) is 4.58. The Balaban J connectivity index is 1.97. The lowest BCUT2D eigenvalue weighted by molar-refractivity contribution is -0.114. The molecule has 0 aliphatic heterocycles. The van der Waals surface area contributed by atoms with Crippen LogP contribution in [0.2, 0.25) is 0 Å². The van der Waals surface area contributed by atoms with E-state index in [1.165, 1.54) is 26.2 Å². The minimum Gasteiger partial charge on any atom is -0.495 e. The van der Waals surface area contributed by atoms with Crippen LogP contribution in [0.1, 0.15) is 22.8 Å². The Morgan fingerprint density at radius 1 is 0.969 bits per heavy atom. The lowest BCUT2D eigenvalue weighted by Crippen LogP contribution is -2.38. The van der Waals surface area contributed by atoms with E-state index in [0.717, 1.165) is 9.87 Å². The van der Waals surface area contributed by atoms with Gasteiger partial charge in [0.2, 0.25) is 5.91 Å². The zero-order chi connectivity index (χ0) is 23.3. The van der Waals surface area contributed by atoms with Gasteiger partial charge in [-0.15, -0.1) is 0 Å². The number of amides is 1. The van der Waals surface area contributed by atoms with E-state index < -0.39 is 22.5 Å². The zero-order valence-corrected chi connectivity index (χ0v) is 18.8. The second-order valence-corrected chi connectivity index (χ2v) is 9.04. The van der Waals surface area contributed by atoms with Gasteiger partial charge in [-0.05, 0) is 67.9 Å². The van der Waals surface area contributed by atoms with E-state index in [4.69, 9.17) is 4.74 Å². The van der Waals surface area contributed by atoms with Gasteiger partial charge in [0, 0.05) is 11.3 Å². The van der Waals surface area contributed by atoms with E-state index in [9.17, 15) is 18.0 Å². The number of carbonyl (C=O) groups is 2. The molecule has 3 aromatic rings. The summed E-state index contributed by atoms with van der Waals surface area (Å²) in [4.78, 5) is 24.4. The third-order valence-electron chi connectivity index (χ3n) is 4.80. The molecule has 0 aliphatic carbocycles. The largest absolute Gasteiger partial charge is 0.495 e. The summed E-state index contributed by atoms with van der Waals surface area (Å²) in [6.07, 6.45) is 0. The molecular weight excluding hydrogens is 428 g/mol. The summed E-state index contributed by atoms with van der Waals surface area (Å²) in [6, 6.07) is 19.4. The Morgan fingerprint density at radius 2 is 1.62 bits per heavy atom. The van der Waals surface area contributed by atoms with Gasteiger partial charge in [0.1, 0.15) is 12.3 Å². The van der Waals surface area contributed by atoms with Crippen molar-refractivity contribution in [2.75, 3.05) is 23.3 Å². The number of hydrogen-bond donors (Lipinski definition) is 1. The number of benzene rings is 3. The van der Waals surface area contributed by atoms with Gasteiger partial charge < -0.3 is 10.1 Å². The number of Topliss-reactive ketones (excluding diaryl/α,β-unsaturated/α-hetero) is 1. The van der Waals surface area contributed by atoms with Gasteiger partial charge in [0.15, 0.2) is 5.78 Å². The first-order valence-corrected chi connectivity index (χ1v) is 11.3. The predicted molar refractivity (Wildman–Crippen MR) is 124 cm³/mol. The summed E-state index contributed by atoms with van der Waals surface area (Å²) >= 11 is 0. The maximum Gasteiger partial charge on any atom is 0.264 e. The molecule has 0 radical (unpaired) electrons. The molecule has 0 aliphatic rings. The first-order valence-electron chi connectivity index (χ1n) is 9.85. The summed E-state index contributed by atoms with van der Waals surface area (Å²) in [7, 11) is -2.62. The summed E-state index contributed by atoms with van der Waals surface area (Å²) in [6.45, 7) is 2.81. The van der Waals surface area contributed by atoms with Crippen LogP contribution in [0.4, 0.5) is 11.4 Å². The number of carbonyl (C=O) groups excluding carboxylic acids is 2. The first kappa shape index (κ1) is 23.0. The molecule has 0 saturated carbocycles. The van der Waals surface area contributed by atoms with Crippen LogP contribution in [-0.4, -0.2) is 33.8 Å². The van der Waals surface area contributed by atoms with Crippen LogP contribution in [0.3, 0.4) is 0 Å². The average Bonchev–Trinajstić information content (AvgIpc) is 2.78. The quantitative estimate of drug-likeness (QED) is 0.521. The highest BCUT2D eigenvalue weighted by Crippen LogP contribution is 2.33. The molecule has 166 valence electrons. The lowest BCUT2D eigenvalue weighted by Gasteiger charge is -2.26. The zero-order valence-electron chi connectivity index (χ0n) is 18.0. The second kappa shape index (κ2) is 9.65. The molecule has 0 aromatic heterocycles. The molecule has 7 nitrogen and oxygen atoms in total. The number of hydrogen-bond acceptors (Lipinski definition) is 5. The van der Waals surface area contributed by atoms with Crippen molar-refractivity contribution in [3.63, 3.8) is 0 Å². The fraction of sp³-hybridized carbons (Fsp3) is 0.167. The van der Waals surface area contributed by atoms with Gasteiger partial charge in [-0.25, -0.2) is 8.42 Å². The monoisotopic (exact) mass is 452 g/mol. The van der Waals surface area contributed by atoms with Crippen LogP contribution >= 0.6 is 0 Å². The Morgan fingerprint density at radius 3 is 2.22 bits per heavy atom. The smallest absolute Gasteiger partial charge is 0.264 e. The number of nitrogens with one attached hydrogen (secondary N) is 1. The van der Waals surface area contributed by atoms with E-state index in [1.807, 2.05) is 6.92 Å². The normalized spacial score (nSPS) is 11.0. The minimum absolute atomic E-state index is 0.0576. The van der Waals surface area contributed by atoms with E-state index in [-0.39, 0.29) is 16.4 Å². The highest BCUT2D eigenvalue weighted by molar-refractivity contribution is 7.92. The van der Waals surface area contributed by atoms with Crippen LogP contribution in [0.15, 0.2) is 77.7 Å². The second-order valence-electron chi connectivity index (χ2n) is 7.18. The number of aryl methyl sites for hydroxylation is 1. The fourth-order valence-electron chi connectivity index (χ4n) is 3.13. The predicted octanol–water partition coefficient (Wildman–Crippen LogP) is 4.04. The first-order chi connectivity index (χ1) is 15.2. The van der Waals surface area contributed by atoms with E-state index >= 15 is 0 Å². The number of ketones is 1. The van der Waals surface area contributed by atoms with E-state index in [2.05, 4.69) is 5.32 Å². The third-order valence-corrected chi connectivity index (χ3v) is 6.57. The molecule has 0 spiro atoms. The average molecular weight is 453 g/mol. The number of rotatable bonds is 8. The molecular formula is C24H24N2O5S. The van der Waals surface area contributed by atoms with Gasteiger partial charge in [0.25, 0.3) is 10.0 Å². The number of nitrogens with zero attached hydrogens (tertiary/aromatic N) is 1. The Labute approximate surface area is 187 Å². The Hall–Kier alpha value is -3.65. The lowest BCUT2D eigenvalue weighted by atomic mass is 10.1. The molecule has 0 heterocycles. The SMILES string of the molecule is COc1ccc(C)cc1N(CC(=O)Nc1ccc(C(C)=O)cc1)S(=O)(=O)c1ccccc1.